The molecule has 174 valence electrons. The van der Waals surface area contributed by atoms with Gasteiger partial charge < -0.3 is 25.6 Å². The van der Waals surface area contributed by atoms with Gasteiger partial charge in [-0.2, -0.15) is 8.78 Å². The number of carbonyl (C=O) groups excluding carboxylic acids is 2. The lowest BCUT2D eigenvalue weighted by atomic mass is 9.98. The minimum atomic E-state index is -4.36. The number of aliphatic hydroxyl groups excluding tert-OH is 1. The van der Waals surface area contributed by atoms with Gasteiger partial charge in [0.05, 0.1) is 6.04 Å². The number of aliphatic carboxylic acids is 1. The van der Waals surface area contributed by atoms with Crippen LogP contribution in [0.1, 0.15) is 46.1 Å². The quantitative estimate of drug-likeness (QED) is 0.439. The second-order valence-corrected chi connectivity index (χ2v) is 8.16. The fourth-order valence-corrected chi connectivity index (χ4v) is 2.77. The Hall–Kier alpha value is -2.75. The molecule has 1 aromatic rings. The van der Waals surface area contributed by atoms with Crippen LogP contribution < -0.4 is 10.6 Å². The van der Waals surface area contributed by atoms with Crippen LogP contribution in [0.5, 0.6) is 0 Å². The van der Waals surface area contributed by atoms with Crippen molar-refractivity contribution in [1.82, 2.24) is 10.6 Å². The zero-order valence-electron chi connectivity index (χ0n) is 18.0. The lowest BCUT2D eigenvalue weighted by molar-refractivity contribution is -0.169. The Balaban J connectivity index is 2.93. The summed E-state index contributed by atoms with van der Waals surface area (Å²) in [7, 11) is 0. The van der Waals surface area contributed by atoms with E-state index in [0.717, 1.165) is 0 Å². The Morgan fingerprint density at radius 2 is 1.68 bits per heavy atom. The molecule has 4 N–H and O–H groups in total. The van der Waals surface area contributed by atoms with Crippen LogP contribution in [0.3, 0.4) is 0 Å². The number of alkyl carbamates (subject to hydrolysis) is 1. The zero-order chi connectivity index (χ0) is 23.8. The van der Waals surface area contributed by atoms with E-state index in [9.17, 15) is 33.4 Å². The van der Waals surface area contributed by atoms with Crippen molar-refractivity contribution in [1.29, 1.82) is 0 Å². The third-order valence-corrected chi connectivity index (χ3v) is 4.24. The van der Waals surface area contributed by atoms with Crippen LogP contribution in [0.4, 0.5) is 13.6 Å². The van der Waals surface area contributed by atoms with Gasteiger partial charge >= 0.3 is 18.0 Å². The number of hydrogen-bond acceptors (Lipinski definition) is 5. The van der Waals surface area contributed by atoms with Crippen molar-refractivity contribution in [2.24, 2.45) is 0 Å². The molecule has 0 radical (unpaired) electrons. The lowest BCUT2D eigenvalue weighted by Gasteiger charge is -2.31. The first-order chi connectivity index (χ1) is 14.3. The first kappa shape index (κ1) is 26.3. The standard InChI is InChI=1S/C21H30F2N2O6/c1-5-9-14(25-19(30)31-20(2,3)4)16(26)21(22,23)18(29)24-15(17(27)28)12-13-10-7-6-8-11-13/h6-8,10-11,14-16,26H,5,9,12H2,1-4H3,(H,24,29)(H,25,30)(H,27,28)/t14-,15-,16?/m0/s1. The van der Waals surface area contributed by atoms with Crippen molar-refractivity contribution in [3.63, 3.8) is 0 Å². The van der Waals surface area contributed by atoms with E-state index >= 15 is 0 Å². The van der Waals surface area contributed by atoms with Crippen molar-refractivity contribution in [3.8, 4) is 0 Å². The van der Waals surface area contributed by atoms with Crippen LogP contribution in [-0.4, -0.2) is 57.9 Å². The number of amides is 2. The molecule has 0 aliphatic heterocycles. The molecule has 0 spiro atoms. The maximum atomic E-state index is 14.7. The molecule has 0 saturated carbocycles. The minimum absolute atomic E-state index is 0.0599. The van der Waals surface area contributed by atoms with Gasteiger partial charge in [0.25, 0.3) is 5.91 Å². The molecule has 0 bridgehead atoms. The fourth-order valence-electron chi connectivity index (χ4n) is 2.77. The predicted molar refractivity (Wildman–Crippen MR) is 109 cm³/mol. The van der Waals surface area contributed by atoms with Gasteiger partial charge in [-0.3, -0.25) is 4.79 Å². The molecule has 10 heteroatoms. The van der Waals surface area contributed by atoms with Crippen molar-refractivity contribution in [2.75, 3.05) is 0 Å². The van der Waals surface area contributed by atoms with Crippen molar-refractivity contribution >= 4 is 18.0 Å². The van der Waals surface area contributed by atoms with E-state index in [2.05, 4.69) is 5.32 Å². The summed E-state index contributed by atoms with van der Waals surface area (Å²) in [5.41, 5.74) is -0.368. The summed E-state index contributed by atoms with van der Waals surface area (Å²) >= 11 is 0. The molecular weight excluding hydrogens is 414 g/mol. The lowest BCUT2D eigenvalue weighted by Crippen LogP contribution is -2.59. The van der Waals surface area contributed by atoms with Crippen LogP contribution in [0.2, 0.25) is 0 Å². The molecule has 1 unspecified atom stereocenters. The van der Waals surface area contributed by atoms with Gasteiger partial charge in [-0.15, -0.1) is 0 Å². The normalized spacial score (nSPS) is 14.8. The fraction of sp³-hybridized carbons (Fsp3) is 0.571. The summed E-state index contributed by atoms with van der Waals surface area (Å²) in [5.74, 6) is -7.81. The summed E-state index contributed by atoms with van der Waals surface area (Å²) in [6.45, 7) is 6.39. The average Bonchev–Trinajstić information content (AvgIpc) is 2.65. The van der Waals surface area contributed by atoms with E-state index in [1.54, 1.807) is 63.3 Å². The molecule has 2 amide bonds. The van der Waals surface area contributed by atoms with Gasteiger partial charge in [-0.05, 0) is 32.8 Å². The molecule has 0 aliphatic carbocycles. The number of hydrogen-bond donors (Lipinski definition) is 4. The van der Waals surface area contributed by atoms with Gasteiger partial charge in [-0.1, -0.05) is 43.7 Å². The molecule has 0 heterocycles. The maximum Gasteiger partial charge on any atom is 0.407 e. The number of ether oxygens (including phenoxy) is 1. The van der Waals surface area contributed by atoms with E-state index in [0.29, 0.717) is 12.0 Å². The van der Waals surface area contributed by atoms with Crippen molar-refractivity contribution in [3.05, 3.63) is 35.9 Å². The first-order valence-electron chi connectivity index (χ1n) is 9.91. The number of benzene rings is 1. The number of rotatable bonds is 10. The SMILES string of the molecule is CCC[C@H](NC(=O)OC(C)(C)C)C(O)C(F)(F)C(=O)N[C@@H](Cc1ccccc1)C(=O)O. The van der Waals surface area contributed by atoms with Crippen LogP contribution in [0.15, 0.2) is 30.3 Å². The predicted octanol–water partition coefficient (Wildman–Crippen LogP) is 2.49. The molecule has 0 aliphatic rings. The second kappa shape index (κ2) is 11.0. The first-order valence-corrected chi connectivity index (χ1v) is 9.91. The Morgan fingerprint density at radius 1 is 1.10 bits per heavy atom. The van der Waals surface area contributed by atoms with Crippen molar-refractivity contribution in [2.45, 2.75) is 76.7 Å². The van der Waals surface area contributed by atoms with E-state index < -0.39 is 47.7 Å². The third kappa shape index (κ3) is 8.49. The summed E-state index contributed by atoms with van der Waals surface area (Å²) in [5, 5.41) is 23.5. The number of carboxylic acid groups (broad SMARTS) is 1. The topological polar surface area (TPSA) is 125 Å². The number of aliphatic hydroxyl groups is 1. The van der Waals surface area contributed by atoms with Gasteiger partial charge in [0, 0.05) is 6.42 Å². The summed E-state index contributed by atoms with van der Waals surface area (Å²) in [6, 6.07) is 5.06. The third-order valence-electron chi connectivity index (χ3n) is 4.24. The molecule has 31 heavy (non-hydrogen) atoms. The number of carboxylic acids is 1. The monoisotopic (exact) mass is 444 g/mol. The zero-order valence-corrected chi connectivity index (χ0v) is 18.0. The maximum absolute atomic E-state index is 14.7. The van der Waals surface area contributed by atoms with Gasteiger partial charge in [0.15, 0.2) is 0 Å². The van der Waals surface area contributed by atoms with Crippen LogP contribution in [-0.2, 0) is 20.7 Å². The van der Waals surface area contributed by atoms with Crippen molar-refractivity contribution < 1.29 is 38.1 Å². The summed E-state index contributed by atoms with van der Waals surface area (Å²) in [4.78, 5) is 35.6. The molecule has 0 saturated heterocycles. The van der Waals surface area contributed by atoms with E-state index in [1.807, 2.05) is 0 Å². The van der Waals surface area contributed by atoms with Gasteiger partial charge in [0.2, 0.25) is 0 Å². The van der Waals surface area contributed by atoms with E-state index in [1.165, 1.54) is 0 Å². The molecule has 1 aromatic carbocycles. The summed E-state index contributed by atoms with van der Waals surface area (Å²) < 4.78 is 34.4. The van der Waals surface area contributed by atoms with Gasteiger partial charge in [0.1, 0.15) is 17.7 Å². The molecule has 8 nitrogen and oxygen atoms in total. The molecule has 1 rings (SSSR count). The average molecular weight is 444 g/mol. The number of nitrogens with one attached hydrogen (secondary N) is 2. The highest BCUT2D eigenvalue weighted by Crippen LogP contribution is 2.24. The van der Waals surface area contributed by atoms with E-state index in [4.69, 9.17) is 4.74 Å². The highest BCUT2D eigenvalue weighted by molar-refractivity contribution is 5.88. The van der Waals surface area contributed by atoms with E-state index in [-0.39, 0.29) is 12.8 Å². The number of alkyl halides is 2. The number of carbonyl (C=O) groups is 3. The Labute approximate surface area is 180 Å². The second-order valence-electron chi connectivity index (χ2n) is 8.16. The molecule has 3 atom stereocenters. The summed E-state index contributed by atoms with van der Waals surface area (Å²) in [6.07, 6.45) is -3.57. The highest BCUT2D eigenvalue weighted by Gasteiger charge is 2.51. The minimum Gasteiger partial charge on any atom is -0.480 e. The van der Waals surface area contributed by atoms with Crippen LogP contribution >= 0.6 is 0 Å². The Morgan fingerprint density at radius 3 is 2.16 bits per heavy atom. The molecular formula is C21H30F2N2O6. The van der Waals surface area contributed by atoms with Gasteiger partial charge in [-0.25, -0.2) is 9.59 Å². The molecule has 0 fully saturated rings. The highest BCUT2D eigenvalue weighted by atomic mass is 19.3. The van der Waals surface area contributed by atoms with Crippen LogP contribution in [0.25, 0.3) is 0 Å². The Kier molecular flexibility index (Phi) is 9.36. The van der Waals surface area contributed by atoms with Crippen LogP contribution in [0, 0.1) is 0 Å². The Bertz CT molecular complexity index is 752. The largest absolute Gasteiger partial charge is 0.480 e. The molecule has 0 aromatic heterocycles. The number of halogens is 2. The smallest absolute Gasteiger partial charge is 0.407 e.